The minimum atomic E-state index is -0.0243. The van der Waals surface area contributed by atoms with Crippen LogP contribution < -0.4 is 5.73 Å². The van der Waals surface area contributed by atoms with Gasteiger partial charge in [-0.25, -0.2) is 0 Å². The number of aromatic nitrogens is 3. The number of nitrogens with two attached hydrogens (primary N) is 1. The first kappa shape index (κ1) is 11.1. The fourth-order valence-electron chi connectivity index (χ4n) is 1.89. The summed E-state index contributed by atoms with van der Waals surface area (Å²) in [5.41, 5.74) is 5.51. The molecule has 2 saturated carbocycles. The fraction of sp³-hybridized carbons (Fsp3) is 0.727. The highest BCUT2D eigenvalue weighted by molar-refractivity contribution is 8.00. The Labute approximate surface area is 105 Å². The van der Waals surface area contributed by atoms with E-state index in [1.807, 2.05) is 6.92 Å². The van der Waals surface area contributed by atoms with E-state index in [1.54, 1.807) is 11.8 Å². The van der Waals surface area contributed by atoms with Crippen molar-refractivity contribution < 1.29 is 0 Å². The van der Waals surface area contributed by atoms with Crippen LogP contribution in [-0.4, -0.2) is 25.9 Å². The summed E-state index contributed by atoms with van der Waals surface area (Å²) in [6.07, 6.45) is 4.97. The van der Waals surface area contributed by atoms with Gasteiger partial charge in [0.05, 0.1) is 5.25 Å². The van der Waals surface area contributed by atoms with Gasteiger partial charge in [-0.15, -0.1) is 10.2 Å². The van der Waals surface area contributed by atoms with Crippen LogP contribution in [0.5, 0.6) is 0 Å². The van der Waals surface area contributed by atoms with Crippen molar-refractivity contribution in [2.24, 2.45) is 5.73 Å². The Bertz CT molecular complexity index is 447. The summed E-state index contributed by atoms with van der Waals surface area (Å²) in [5.74, 6) is 1.99. The van der Waals surface area contributed by atoms with E-state index < -0.39 is 0 Å². The van der Waals surface area contributed by atoms with Gasteiger partial charge in [0.2, 0.25) is 0 Å². The molecule has 1 aromatic heterocycles. The standard InChI is InChI=1S/C11H17N5S/c1-6(9(12)13)17-11-15-14-10(7-2-3-7)16(11)8-4-5-8/h6-8H,2-5H2,1H3,(H3,12,13). The zero-order valence-electron chi connectivity index (χ0n) is 9.89. The van der Waals surface area contributed by atoms with Crippen LogP contribution in [0.15, 0.2) is 5.16 Å². The van der Waals surface area contributed by atoms with Crippen LogP contribution >= 0.6 is 11.8 Å². The summed E-state index contributed by atoms with van der Waals surface area (Å²) in [5, 5.41) is 17.0. The molecule has 3 N–H and O–H groups in total. The first-order valence-corrected chi connectivity index (χ1v) is 7.00. The maximum Gasteiger partial charge on any atom is 0.192 e. The predicted octanol–water partition coefficient (Wildman–Crippen LogP) is 1.91. The Balaban J connectivity index is 1.85. The summed E-state index contributed by atoms with van der Waals surface area (Å²) in [7, 11) is 0. The van der Waals surface area contributed by atoms with Gasteiger partial charge in [0, 0.05) is 12.0 Å². The Morgan fingerprint density at radius 2 is 2.12 bits per heavy atom. The minimum Gasteiger partial charge on any atom is -0.387 e. The molecule has 1 atom stereocenters. The molecular weight excluding hydrogens is 234 g/mol. The van der Waals surface area contributed by atoms with Crippen molar-refractivity contribution >= 4 is 17.6 Å². The van der Waals surface area contributed by atoms with E-state index in [1.165, 1.54) is 25.7 Å². The number of rotatable bonds is 5. The summed E-state index contributed by atoms with van der Waals surface area (Å²) in [6, 6.07) is 0.599. The molecule has 1 aromatic rings. The lowest BCUT2D eigenvalue weighted by Crippen LogP contribution is -2.22. The third-order valence-corrected chi connectivity index (χ3v) is 4.36. The normalized spacial score (nSPS) is 21.5. The molecule has 3 rings (SSSR count). The molecule has 1 unspecified atom stereocenters. The van der Waals surface area contributed by atoms with E-state index in [-0.39, 0.29) is 11.1 Å². The smallest absolute Gasteiger partial charge is 0.192 e. The molecule has 2 aliphatic carbocycles. The molecule has 0 amide bonds. The topological polar surface area (TPSA) is 80.6 Å². The molecule has 1 heterocycles. The Morgan fingerprint density at radius 1 is 1.41 bits per heavy atom. The largest absolute Gasteiger partial charge is 0.387 e. The fourth-order valence-corrected chi connectivity index (χ4v) is 2.77. The van der Waals surface area contributed by atoms with Gasteiger partial charge in [0.15, 0.2) is 5.16 Å². The van der Waals surface area contributed by atoms with Crippen LogP contribution in [-0.2, 0) is 0 Å². The van der Waals surface area contributed by atoms with Crippen LogP contribution in [0.1, 0.15) is 50.4 Å². The summed E-state index contributed by atoms with van der Waals surface area (Å²) in [6.45, 7) is 1.94. The molecule has 2 aliphatic rings. The Morgan fingerprint density at radius 3 is 2.65 bits per heavy atom. The van der Waals surface area contributed by atoms with Gasteiger partial charge < -0.3 is 10.3 Å². The Kier molecular flexibility index (Phi) is 2.61. The second-order valence-corrected chi connectivity index (χ2v) is 6.24. The lowest BCUT2D eigenvalue weighted by atomic mass is 10.4. The average molecular weight is 251 g/mol. The summed E-state index contributed by atoms with van der Waals surface area (Å²) < 4.78 is 2.29. The van der Waals surface area contributed by atoms with Gasteiger partial charge in [-0.3, -0.25) is 5.41 Å². The molecule has 92 valence electrons. The van der Waals surface area contributed by atoms with Crippen molar-refractivity contribution in [3.63, 3.8) is 0 Å². The average Bonchev–Trinajstić information content (AvgIpc) is 3.18. The molecular formula is C11H17N5S. The lowest BCUT2D eigenvalue weighted by Gasteiger charge is -2.11. The number of hydrogen-bond acceptors (Lipinski definition) is 4. The van der Waals surface area contributed by atoms with Gasteiger partial charge >= 0.3 is 0 Å². The van der Waals surface area contributed by atoms with Crippen LogP contribution in [0, 0.1) is 5.41 Å². The van der Waals surface area contributed by atoms with Gasteiger partial charge in [-0.2, -0.15) is 0 Å². The maximum absolute atomic E-state index is 7.45. The Hall–Kier alpha value is -1.04. The quantitative estimate of drug-likeness (QED) is 0.476. The van der Waals surface area contributed by atoms with Crippen molar-refractivity contribution in [2.75, 3.05) is 0 Å². The van der Waals surface area contributed by atoms with Gasteiger partial charge in [-0.05, 0) is 32.6 Å². The lowest BCUT2D eigenvalue weighted by molar-refractivity contribution is 0.626. The molecule has 0 aromatic carbocycles. The highest BCUT2D eigenvalue weighted by Crippen LogP contribution is 2.46. The molecule has 0 saturated heterocycles. The van der Waals surface area contributed by atoms with Crippen LogP contribution in [0.3, 0.4) is 0 Å². The van der Waals surface area contributed by atoms with Crippen molar-refractivity contribution in [3.8, 4) is 0 Å². The van der Waals surface area contributed by atoms with E-state index in [2.05, 4.69) is 14.8 Å². The number of thioether (sulfide) groups is 1. The number of hydrogen-bond donors (Lipinski definition) is 2. The maximum atomic E-state index is 7.45. The molecule has 17 heavy (non-hydrogen) atoms. The SMILES string of the molecule is CC(Sc1nnc(C2CC2)n1C1CC1)C(=N)N. The van der Waals surface area contributed by atoms with Crippen LogP contribution in [0.4, 0.5) is 0 Å². The molecule has 5 nitrogen and oxygen atoms in total. The highest BCUT2D eigenvalue weighted by Gasteiger charge is 2.36. The number of amidine groups is 1. The number of nitrogens with zero attached hydrogens (tertiary/aromatic N) is 3. The minimum absolute atomic E-state index is 0.0243. The molecule has 0 spiro atoms. The van der Waals surface area contributed by atoms with E-state index in [0.717, 1.165) is 11.0 Å². The van der Waals surface area contributed by atoms with Crippen molar-refractivity contribution in [1.29, 1.82) is 5.41 Å². The van der Waals surface area contributed by atoms with Crippen molar-refractivity contribution in [3.05, 3.63) is 5.82 Å². The zero-order chi connectivity index (χ0) is 12.0. The zero-order valence-corrected chi connectivity index (χ0v) is 10.7. The summed E-state index contributed by atoms with van der Waals surface area (Å²) >= 11 is 1.55. The molecule has 0 radical (unpaired) electrons. The second-order valence-electron chi connectivity index (χ2n) is 4.93. The molecule has 2 fully saturated rings. The van der Waals surface area contributed by atoms with E-state index >= 15 is 0 Å². The monoisotopic (exact) mass is 251 g/mol. The van der Waals surface area contributed by atoms with Crippen LogP contribution in [0.2, 0.25) is 0 Å². The van der Waals surface area contributed by atoms with Gasteiger partial charge in [0.25, 0.3) is 0 Å². The van der Waals surface area contributed by atoms with Crippen molar-refractivity contribution in [2.45, 2.75) is 55.0 Å². The van der Waals surface area contributed by atoms with E-state index in [9.17, 15) is 0 Å². The number of nitrogens with one attached hydrogen (secondary N) is 1. The third kappa shape index (κ3) is 2.18. The molecule has 0 bridgehead atoms. The van der Waals surface area contributed by atoms with Gasteiger partial charge in [0.1, 0.15) is 11.7 Å². The predicted molar refractivity (Wildman–Crippen MR) is 67.5 cm³/mol. The second kappa shape index (κ2) is 4.01. The first-order chi connectivity index (χ1) is 8.16. The molecule has 6 heteroatoms. The van der Waals surface area contributed by atoms with E-state index in [4.69, 9.17) is 11.1 Å². The highest BCUT2D eigenvalue weighted by atomic mass is 32.2. The molecule has 0 aliphatic heterocycles. The van der Waals surface area contributed by atoms with Crippen molar-refractivity contribution in [1.82, 2.24) is 14.8 Å². The summed E-state index contributed by atoms with van der Waals surface area (Å²) in [4.78, 5) is 0. The van der Waals surface area contributed by atoms with Gasteiger partial charge in [-0.1, -0.05) is 11.8 Å². The first-order valence-electron chi connectivity index (χ1n) is 6.12. The third-order valence-electron chi connectivity index (χ3n) is 3.27. The van der Waals surface area contributed by atoms with Crippen LogP contribution in [0.25, 0.3) is 0 Å². The van der Waals surface area contributed by atoms with E-state index in [0.29, 0.717) is 12.0 Å².